The smallest absolute Gasteiger partial charge is 0.262 e. The lowest BCUT2D eigenvalue weighted by Gasteiger charge is -2.20. The molecule has 0 saturated carbocycles. The standard InChI is InChI=1S/C28H37N3O3S/c1-18(2)21-12-9-13-22(19(3)4)26(21)30-25(32)17-35-28-29-24-14-8-7-11-23(24)27(33)31(28)15-10-16-34-20(5)6/h7-9,11-14,18-20H,10,15-17H2,1-6H3,(H,30,32). The van der Waals surface area contributed by atoms with Crippen LogP contribution in [0.5, 0.6) is 0 Å². The van der Waals surface area contributed by atoms with Crippen molar-refractivity contribution >= 4 is 34.3 Å². The second-order valence-electron chi connectivity index (χ2n) is 9.60. The number of thioether (sulfide) groups is 1. The quantitative estimate of drug-likeness (QED) is 0.195. The monoisotopic (exact) mass is 495 g/mol. The van der Waals surface area contributed by atoms with Crippen LogP contribution in [0.3, 0.4) is 0 Å². The lowest BCUT2D eigenvalue weighted by atomic mass is 9.92. The van der Waals surface area contributed by atoms with Gasteiger partial charge < -0.3 is 10.1 Å². The number of rotatable bonds is 11. The summed E-state index contributed by atoms with van der Waals surface area (Å²) < 4.78 is 7.32. The fraction of sp³-hybridized carbons (Fsp3) is 0.464. The van der Waals surface area contributed by atoms with E-state index in [2.05, 4.69) is 51.2 Å². The lowest BCUT2D eigenvalue weighted by molar-refractivity contribution is -0.113. The van der Waals surface area contributed by atoms with Crippen molar-refractivity contribution in [2.45, 2.75) is 77.6 Å². The minimum atomic E-state index is -0.109. The topological polar surface area (TPSA) is 73.2 Å². The van der Waals surface area contributed by atoms with Gasteiger partial charge in [-0.25, -0.2) is 4.98 Å². The van der Waals surface area contributed by atoms with E-state index in [1.807, 2.05) is 32.0 Å². The van der Waals surface area contributed by atoms with Gasteiger partial charge in [0.15, 0.2) is 5.16 Å². The Labute approximate surface area is 212 Å². The van der Waals surface area contributed by atoms with Crippen LogP contribution in [-0.2, 0) is 16.1 Å². The van der Waals surface area contributed by atoms with Crippen LogP contribution in [0.25, 0.3) is 10.9 Å². The van der Waals surface area contributed by atoms with Crippen LogP contribution in [-0.4, -0.2) is 33.9 Å². The first kappa shape index (κ1) is 27.0. The molecule has 3 aromatic rings. The van der Waals surface area contributed by atoms with Gasteiger partial charge in [-0.05, 0) is 55.4 Å². The van der Waals surface area contributed by atoms with E-state index in [1.165, 1.54) is 11.8 Å². The third-order valence-corrected chi connectivity index (χ3v) is 6.75. The number of anilines is 1. The number of nitrogens with zero attached hydrogens (tertiary/aromatic N) is 2. The fourth-order valence-corrected chi connectivity index (χ4v) is 4.82. The van der Waals surface area contributed by atoms with Crippen molar-refractivity contribution in [3.63, 3.8) is 0 Å². The summed E-state index contributed by atoms with van der Waals surface area (Å²) in [5.41, 5.74) is 3.70. The molecule has 0 bridgehead atoms. The van der Waals surface area contributed by atoms with Gasteiger partial charge in [-0.1, -0.05) is 69.8 Å². The van der Waals surface area contributed by atoms with Crippen LogP contribution >= 0.6 is 11.8 Å². The molecule has 0 aliphatic carbocycles. The Kier molecular flexibility index (Phi) is 9.52. The zero-order valence-corrected chi connectivity index (χ0v) is 22.4. The van der Waals surface area contributed by atoms with Crippen molar-refractivity contribution in [1.29, 1.82) is 0 Å². The summed E-state index contributed by atoms with van der Waals surface area (Å²) in [6, 6.07) is 13.5. The Balaban J connectivity index is 1.83. The van der Waals surface area contributed by atoms with Gasteiger partial charge in [-0.15, -0.1) is 0 Å². The molecule has 0 aliphatic rings. The minimum absolute atomic E-state index is 0.0877. The van der Waals surface area contributed by atoms with Gasteiger partial charge in [-0.2, -0.15) is 0 Å². The normalized spacial score (nSPS) is 11.7. The van der Waals surface area contributed by atoms with E-state index in [9.17, 15) is 9.59 Å². The maximum atomic E-state index is 13.2. The minimum Gasteiger partial charge on any atom is -0.379 e. The molecular weight excluding hydrogens is 458 g/mol. The number of hydrogen-bond acceptors (Lipinski definition) is 5. The highest BCUT2D eigenvalue weighted by Crippen LogP contribution is 2.32. The average molecular weight is 496 g/mol. The first-order valence-electron chi connectivity index (χ1n) is 12.4. The van der Waals surface area contributed by atoms with Gasteiger partial charge in [0, 0.05) is 18.8 Å². The molecule has 1 amide bonds. The number of fused-ring (bicyclic) bond motifs is 1. The summed E-state index contributed by atoms with van der Waals surface area (Å²) >= 11 is 1.30. The number of benzene rings is 2. The Morgan fingerprint density at radius 3 is 2.29 bits per heavy atom. The van der Waals surface area contributed by atoms with Crippen molar-refractivity contribution in [2.24, 2.45) is 0 Å². The van der Waals surface area contributed by atoms with E-state index < -0.39 is 0 Å². The Bertz CT molecular complexity index is 1190. The molecule has 188 valence electrons. The number of nitrogens with one attached hydrogen (secondary N) is 1. The molecule has 6 nitrogen and oxygen atoms in total. The van der Waals surface area contributed by atoms with Crippen molar-refractivity contribution in [3.05, 3.63) is 63.9 Å². The lowest BCUT2D eigenvalue weighted by Crippen LogP contribution is -2.25. The molecule has 0 fully saturated rings. The highest BCUT2D eigenvalue weighted by Gasteiger charge is 2.18. The second kappa shape index (κ2) is 12.4. The predicted molar refractivity (Wildman–Crippen MR) is 146 cm³/mol. The highest BCUT2D eigenvalue weighted by atomic mass is 32.2. The molecule has 0 radical (unpaired) electrons. The van der Waals surface area contributed by atoms with Crippen molar-refractivity contribution in [2.75, 3.05) is 17.7 Å². The number of para-hydroxylation sites is 2. The molecule has 0 saturated heterocycles. The Morgan fingerprint density at radius 2 is 1.66 bits per heavy atom. The van der Waals surface area contributed by atoms with Gasteiger partial charge in [-0.3, -0.25) is 14.2 Å². The van der Waals surface area contributed by atoms with Gasteiger partial charge in [0.2, 0.25) is 5.91 Å². The third kappa shape index (κ3) is 6.95. The Morgan fingerprint density at radius 1 is 1.00 bits per heavy atom. The van der Waals surface area contributed by atoms with E-state index in [-0.39, 0.29) is 35.2 Å². The summed E-state index contributed by atoms with van der Waals surface area (Å²) in [6.45, 7) is 13.5. The van der Waals surface area contributed by atoms with Gasteiger partial charge in [0.25, 0.3) is 5.56 Å². The molecule has 0 spiro atoms. The molecule has 0 atom stereocenters. The Hall–Kier alpha value is -2.64. The van der Waals surface area contributed by atoms with Gasteiger partial charge >= 0.3 is 0 Å². The number of ether oxygens (including phenoxy) is 1. The molecule has 0 aliphatic heterocycles. The van der Waals surface area contributed by atoms with E-state index >= 15 is 0 Å². The first-order valence-corrected chi connectivity index (χ1v) is 13.3. The van der Waals surface area contributed by atoms with Crippen LogP contribution in [0.1, 0.15) is 70.9 Å². The maximum absolute atomic E-state index is 13.2. The average Bonchev–Trinajstić information content (AvgIpc) is 2.81. The number of carbonyl (C=O) groups is 1. The molecule has 1 aromatic heterocycles. The zero-order chi connectivity index (χ0) is 25.5. The molecule has 7 heteroatoms. The van der Waals surface area contributed by atoms with Crippen LogP contribution in [0, 0.1) is 0 Å². The van der Waals surface area contributed by atoms with Crippen LogP contribution in [0.15, 0.2) is 52.4 Å². The molecule has 1 heterocycles. The molecule has 1 N–H and O–H groups in total. The summed E-state index contributed by atoms with van der Waals surface area (Å²) in [6.07, 6.45) is 0.834. The van der Waals surface area contributed by atoms with Crippen LogP contribution < -0.4 is 10.9 Å². The van der Waals surface area contributed by atoms with Crippen molar-refractivity contribution in [3.8, 4) is 0 Å². The predicted octanol–water partition coefficient (Wildman–Crippen LogP) is 6.19. The largest absolute Gasteiger partial charge is 0.379 e. The summed E-state index contributed by atoms with van der Waals surface area (Å²) in [4.78, 5) is 31.0. The second-order valence-corrected chi connectivity index (χ2v) is 10.5. The van der Waals surface area contributed by atoms with Crippen LogP contribution in [0.2, 0.25) is 0 Å². The van der Waals surface area contributed by atoms with E-state index in [1.54, 1.807) is 10.6 Å². The van der Waals surface area contributed by atoms with Crippen LogP contribution in [0.4, 0.5) is 5.69 Å². The van der Waals surface area contributed by atoms with E-state index in [4.69, 9.17) is 9.72 Å². The number of hydrogen-bond donors (Lipinski definition) is 1. The van der Waals surface area contributed by atoms with Gasteiger partial charge in [0.1, 0.15) is 0 Å². The third-order valence-electron chi connectivity index (χ3n) is 5.77. The first-order chi connectivity index (χ1) is 16.7. The molecular formula is C28H37N3O3S. The number of aromatic nitrogens is 2. The number of amides is 1. The fourth-order valence-electron chi connectivity index (χ4n) is 4.00. The summed E-state index contributed by atoms with van der Waals surface area (Å²) in [5.74, 6) is 0.633. The highest BCUT2D eigenvalue weighted by molar-refractivity contribution is 7.99. The van der Waals surface area contributed by atoms with Crippen molar-refractivity contribution in [1.82, 2.24) is 9.55 Å². The number of carbonyl (C=O) groups excluding carboxylic acids is 1. The molecule has 2 aromatic carbocycles. The maximum Gasteiger partial charge on any atom is 0.262 e. The summed E-state index contributed by atoms with van der Waals surface area (Å²) in [5, 5.41) is 4.29. The zero-order valence-electron chi connectivity index (χ0n) is 21.6. The van der Waals surface area contributed by atoms with E-state index in [0.29, 0.717) is 35.6 Å². The van der Waals surface area contributed by atoms with Gasteiger partial charge in [0.05, 0.1) is 22.8 Å². The van der Waals surface area contributed by atoms with E-state index in [0.717, 1.165) is 16.8 Å². The summed E-state index contributed by atoms with van der Waals surface area (Å²) in [7, 11) is 0. The SMILES string of the molecule is CC(C)OCCCn1c(SCC(=O)Nc2c(C(C)C)cccc2C(C)C)nc2ccccc2c1=O. The molecule has 35 heavy (non-hydrogen) atoms. The van der Waals surface area contributed by atoms with Crippen molar-refractivity contribution < 1.29 is 9.53 Å². The molecule has 0 unspecified atom stereocenters. The molecule has 3 rings (SSSR count).